The van der Waals surface area contributed by atoms with Crippen LogP contribution < -0.4 is 9.64 Å². The third-order valence-corrected chi connectivity index (χ3v) is 6.31. The molecule has 0 N–H and O–H groups in total. The Morgan fingerprint density at radius 2 is 1.67 bits per heavy atom. The van der Waals surface area contributed by atoms with Gasteiger partial charge in [-0.1, -0.05) is 55.5 Å². The number of aryl methyl sites for hydroxylation is 1. The van der Waals surface area contributed by atoms with Gasteiger partial charge in [-0.15, -0.1) is 0 Å². The normalized spacial score (nSPS) is 19.8. The Labute approximate surface area is 179 Å². The van der Waals surface area contributed by atoms with E-state index in [-0.39, 0.29) is 16.9 Å². The average Bonchev–Trinajstić information content (AvgIpc) is 2.73. The Morgan fingerprint density at radius 3 is 2.37 bits per heavy atom. The van der Waals surface area contributed by atoms with Crippen molar-refractivity contribution < 1.29 is 9.53 Å². The third kappa shape index (κ3) is 3.28. The van der Waals surface area contributed by atoms with Gasteiger partial charge in [0.15, 0.2) is 0 Å². The van der Waals surface area contributed by atoms with E-state index in [0.717, 1.165) is 17.7 Å². The molecule has 0 aliphatic carbocycles. The van der Waals surface area contributed by atoms with Gasteiger partial charge < -0.3 is 9.64 Å². The van der Waals surface area contributed by atoms with Crippen LogP contribution in [0.4, 0.5) is 5.69 Å². The molecule has 30 heavy (non-hydrogen) atoms. The molecule has 3 aromatic carbocycles. The van der Waals surface area contributed by atoms with Gasteiger partial charge in [-0.2, -0.15) is 0 Å². The summed E-state index contributed by atoms with van der Waals surface area (Å²) < 4.78 is 5.35. The molecule has 3 aromatic rings. The molecule has 1 aliphatic rings. The number of ether oxygens (including phenoxy) is 1. The second kappa shape index (κ2) is 7.32. The van der Waals surface area contributed by atoms with Gasteiger partial charge in [0.25, 0.3) is 5.91 Å². The minimum atomic E-state index is -0.369. The fourth-order valence-electron chi connectivity index (χ4n) is 4.99. The van der Waals surface area contributed by atoms with Crippen LogP contribution in [-0.2, 0) is 5.41 Å². The van der Waals surface area contributed by atoms with Crippen LogP contribution in [0.15, 0.2) is 72.8 Å². The number of benzene rings is 3. The summed E-state index contributed by atoms with van der Waals surface area (Å²) >= 11 is 0. The Balaban J connectivity index is 1.91. The zero-order valence-corrected chi connectivity index (χ0v) is 18.4. The van der Waals surface area contributed by atoms with Crippen LogP contribution in [0.3, 0.4) is 0 Å². The van der Waals surface area contributed by atoms with Gasteiger partial charge >= 0.3 is 0 Å². The van der Waals surface area contributed by atoms with Crippen molar-refractivity contribution in [2.45, 2.75) is 45.1 Å². The fourth-order valence-corrected chi connectivity index (χ4v) is 4.99. The molecule has 1 heterocycles. The molecular formula is C27H29NO2. The first-order valence-electron chi connectivity index (χ1n) is 10.4. The predicted octanol–water partition coefficient (Wildman–Crippen LogP) is 6.14. The first kappa shape index (κ1) is 20.2. The number of rotatable bonds is 3. The van der Waals surface area contributed by atoms with Crippen LogP contribution in [-0.4, -0.2) is 18.6 Å². The lowest BCUT2D eigenvalue weighted by Crippen LogP contribution is -2.55. The zero-order chi connectivity index (χ0) is 21.5. The van der Waals surface area contributed by atoms with E-state index in [9.17, 15) is 4.79 Å². The van der Waals surface area contributed by atoms with Crippen LogP contribution in [0.25, 0.3) is 0 Å². The molecular weight excluding hydrogens is 370 g/mol. The molecule has 0 saturated heterocycles. The molecule has 1 atom stereocenters. The number of fused-ring (bicyclic) bond motifs is 1. The van der Waals surface area contributed by atoms with Gasteiger partial charge in [-0.05, 0) is 68.1 Å². The fraction of sp³-hybridized carbons (Fsp3) is 0.296. The minimum absolute atomic E-state index is 0.000798. The molecule has 0 fully saturated rings. The van der Waals surface area contributed by atoms with Crippen LogP contribution in [0.1, 0.15) is 54.2 Å². The molecule has 0 radical (unpaired) electrons. The van der Waals surface area contributed by atoms with E-state index in [1.54, 1.807) is 7.11 Å². The maximum absolute atomic E-state index is 13.8. The minimum Gasteiger partial charge on any atom is -0.497 e. The Kier molecular flexibility index (Phi) is 4.93. The number of anilines is 1. The van der Waals surface area contributed by atoms with E-state index in [1.165, 1.54) is 11.1 Å². The van der Waals surface area contributed by atoms with Gasteiger partial charge in [0.05, 0.1) is 7.11 Å². The van der Waals surface area contributed by atoms with Gasteiger partial charge in [-0.25, -0.2) is 0 Å². The van der Waals surface area contributed by atoms with Crippen LogP contribution in [0, 0.1) is 6.92 Å². The van der Waals surface area contributed by atoms with Gasteiger partial charge in [0.1, 0.15) is 5.75 Å². The first-order chi connectivity index (χ1) is 14.3. The van der Waals surface area contributed by atoms with Crippen molar-refractivity contribution in [1.82, 2.24) is 0 Å². The summed E-state index contributed by atoms with van der Waals surface area (Å²) in [5, 5.41) is 0. The SMILES string of the molecule is COc1cccc(C(=O)N2c3cc(C)ccc3[C@](C)(c3ccccc3)CC2(C)C)c1. The molecule has 1 amide bonds. The lowest BCUT2D eigenvalue weighted by Gasteiger charge is -2.51. The number of carbonyl (C=O) groups is 1. The van der Waals surface area contributed by atoms with E-state index >= 15 is 0 Å². The van der Waals surface area contributed by atoms with Gasteiger partial charge in [-0.3, -0.25) is 4.79 Å². The largest absolute Gasteiger partial charge is 0.497 e. The van der Waals surface area contributed by atoms with Crippen molar-refractivity contribution in [3.05, 3.63) is 95.1 Å². The van der Waals surface area contributed by atoms with Crippen LogP contribution in [0.2, 0.25) is 0 Å². The van der Waals surface area contributed by atoms with E-state index in [4.69, 9.17) is 4.74 Å². The second-order valence-corrected chi connectivity index (χ2v) is 9.08. The van der Waals surface area contributed by atoms with E-state index in [1.807, 2.05) is 29.2 Å². The summed E-state index contributed by atoms with van der Waals surface area (Å²) in [7, 11) is 1.62. The topological polar surface area (TPSA) is 29.5 Å². The van der Waals surface area contributed by atoms with Crippen molar-refractivity contribution in [2.75, 3.05) is 12.0 Å². The molecule has 0 spiro atoms. The molecule has 4 rings (SSSR count). The van der Waals surface area contributed by atoms with Crippen molar-refractivity contribution in [3.8, 4) is 5.75 Å². The Hall–Kier alpha value is -3.07. The van der Waals surface area contributed by atoms with Crippen molar-refractivity contribution >= 4 is 11.6 Å². The van der Waals surface area contributed by atoms with Crippen LogP contribution in [0.5, 0.6) is 5.75 Å². The molecule has 1 aliphatic heterocycles. The lowest BCUT2D eigenvalue weighted by atomic mass is 9.65. The molecule has 0 unspecified atom stereocenters. The Morgan fingerprint density at radius 1 is 0.933 bits per heavy atom. The standard InChI is InChI=1S/C27H29NO2/c1-19-14-15-23-24(16-19)28(25(29)20-10-9-13-22(17-20)30-5)26(2,3)18-27(23,4)21-11-7-6-8-12-21/h6-17H,18H2,1-5H3/t27-/m0/s1. The summed E-state index contributed by atoms with van der Waals surface area (Å²) in [4.78, 5) is 15.8. The highest BCUT2D eigenvalue weighted by Crippen LogP contribution is 2.51. The number of methoxy groups -OCH3 is 1. The molecule has 0 saturated carbocycles. The molecule has 154 valence electrons. The van der Waals surface area contributed by atoms with Crippen molar-refractivity contribution in [3.63, 3.8) is 0 Å². The smallest absolute Gasteiger partial charge is 0.258 e. The average molecular weight is 400 g/mol. The van der Waals surface area contributed by atoms with Gasteiger partial charge in [0.2, 0.25) is 0 Å². The van der Waals surface area contributed by atoms with Gasteiger partial charge in [0, 0.05) is 22.2 Å². The summed E-state index contributed by atoms with van der Waals surface area (Å²) in [5.74, 6) is 0.690. The van der Waals surface area contributed by atoms with E-state index in [0.29, 0.717) is 11.3 Å². The van der Waals surface area contributed by atoms with E-state index < -0.39 is 0 Å². The maximum atomic E-state index is 13.8. The van der Waals surface area contributed by atoms with Crippen molar-refractivity contribution in [1.29, 1.82) is 0 Å². The maximum Gasteiger partial charge on any atom is 0.258 e. The summed E-state index contributed by atoms with van der Waals surface area (Å²) in [6.45, 7) is 8.70. The number of hydrogen-bond donors (Lipinski definition) is 0. The highest BCUT2D eigenvalue weighted by atomic mass is 16.5. The number of carbonyl (C=O) groups excluding carboxylic acids is 1. The van der Waals surface area contributed by atoms with Crippen molar-refractivity contribution in [2.24, 2.45) is 0 Å². The number of hydrogen-bond acceptors (Lipinski definition) is 2. The highest BCUT2D eigenvalue weighted by Gasteiger charge is 2.47. The quantitative estimate of drug-likeness (QED) is 0.529. The lowest BCUT2D eigenvalue weighted by molar-refractivity contribution is 0.0948. The zero-order valence-electron chi connectivity index (χ0n) is 18.4. The summed E-state index contributed by atoms with van der Waals surface area (Å²) in [6.07, 6.45) is 0.829. The Bertz CT molecular complexity index is 1090. The third-order valence-electron chi connectivity index (χ3n) is 6.31. The number of nitrogens with zero attached hydrogens (tertiary/aromatic N) is 1. The second-order valence-electron chi connectivity index (χ2n) is 9.08. The van der Waals surface area contributed by atoms with E-state index in [2.05, 4.69) is 76.2 Å². The first-order valence-corrected chi connectivity index (χ1v) is 10.4. The summed E-state index contributed by atoms with van der Waals surface area (Å²) in [6, 6.07) is 24.5. The van der Waals surface area contributed by atoms with Crippen LogP contribution >= 0.6 is 0 Å². The summed E-state index contributed by atoms with van der Waals surface area (Å²) in [5.41, 5.74) is 4.69. The number of amides is 1. The molecule has 0 aromatic heterocycles. The molecule has 0 bridgehead atoms. The highest BCUT2D eigenvalue weighted by molar-refractivity contribution is 6.08. The monoisotopic (exact) mass is 399 g/mol. The molecule has 3 heteroatoms. The molecule has 3 nitrogen and oxygen atoms in total. The predicted molar refractivity (Wildman–Crippen MR) is 123 cm³/mol.